The van der Waals surface area contributed by atoms with E-state index in [2.05, 4.69) is 29.5 Å². The van der Waals surface area contributed by atoms with Gasteiger partial charge in [-0.1, -0.05) is 6.42 Å². The van der Waals surface area contributed by atoms with Crippen LogP contribution < -0.4 is 10.6 Å². The SMILES string of the molecule is CCNC(=NCCCOC)NC1CC(OCC)C12CCC2.I. The number of ether oxygens (including phenoxy) is 2. The van der Waals surface area contributed by atoms with E-state index in [-0.39, 0.29) is 24.0 Å². The summed E-state index contributed by atoms with van der Waals surface area (Å²) in [5.41, 5.74) is 0.374. The fourth-order valence-electron chi connectivity index (χ4n) is 3.53. The zero-order valence-electron chi connectivity index (χ0n) is 14.2. The van der Waals surface area contributed by atoms with E-state index >= 15 is 0 Å². The van der Waals surface area contributed by atoms with Gasteiger partial charge in [0.1, 0.15) is 0 Å². The van der Waals surface area contributed by atoms with Gasteiger partial charge in [0.05, 0.1) is 6.10 Å². The van der Waals surface area contributed by atoms with Gasteiger partial charge < -0.3 is 20.1 Å². The van der Waals surface area contributed by atoms with Crippen LogP contribution in [0.25, 0.3) is 0 Å². The van der Waals surface area contributed by atoms with E-state index in [0.717, 1.165) is 45.1 Å². The van der Waals surface area contributed by atoms with E-state index in [1.54, 1.807) is 7.11 Å². The monoisotopic (exact) mass is 425 g/mol. The molecular weight excluding hydrogens is 393 g/mol. The Balaban J connectivity index is 0.00000242. The molecule has 0 radical (unpaired) electrons. The van der Waals surface area contributed by atoms with E-state index < -0.39 is 0 Å². The van der Waals surface area contributed by atoms with Crippen molar-refractivity contribution >= 4 is 29.9 Å². The van der Waals surface area contributed by atoms with Gasteiger partial charge in [-0.3, -0.25) is 4.99 Å². The van der Waals surface area contributed by atoms with Crippen molar-refractivity contribution in [2.45, 2.75) is 58.1 Å². The van der Waals surface area contributed by atoms with Crippen LogP contribution in [0.3, 0.4) is 0 Å². The Morgan fingerprint density at radius 2 is 2.09 bits per heavy atom. The van der Waals surface area contributed by atoms with Crippen LogP contribution >= 0.6 is 24.0 Å². The molecule has 0 aromatic carbocycles. The molecule has 6 heteroatoms. The molecule has 22 heavy (non-hydrogen) atoms. The van der Waals surface area contributed by atoms with Crippen LogP contribution in [0, 0.1) is 5.41 Å². The minimum absolute atomic E-state index is 0. The highest BCUT2D eigenvalue weighted by Gasteiger charge is 2.59. The number of guanidine groups is 1. The zero-order chi connectivity index (χ0) is 15.1. The van der Waals surface area contributed by atoms with Crippen molar-refractivity contribution in [2.75, 3.05) is 33.4 Å². The highest BCUT2D eigenvalue weighted by atomic mass is 127. The topological polar surface area (TPSA) is 54.9 Å². The van der Waals surface area contributed by atoms with E-state index in [0.29, 0.717) is 17.6 Å². The third-order valence-corrected chi connectivity index (χ3v) is 4.87. The molecule has 2 unspecified atom stereocenters. The lowest BCUT2D eigenvalue weighted by Gasteiger charge is -2.61. The molecule has 2 rings (SSSR count). The first-order valence-corrected chi connectivity index (χ1v) is 8.42. The second kappa shape index (κ2) is 9.93. The lowest BCUT2D eigenvalue weighted by atomic mass is 9.51. The summed E-state index contributed by atoms with van der Waals surface area (Å²) in [7, 11) is 1.73. The number of rotatable bonds is 8. The largest absolute Gasteiger partial charge is 0.385 e. The molecule has 0 aromatic heterocycles. The van der Waals surface area contributed by atoms with Crippen LogP contribution in [0.4, 0.5) is 0 Å². The molecule has 2 aliphatic carbocycles. The summed E-state index contributed by atoms with van der Waals surface area (Å²) in [5.74, 6) is 0.944. The summed E-state index contributed by atoms with van der Waals surface area (Å²) in [4.78, 5) is 4.64. The molecule has 2 N–H and O–H groups in total. The predicted molar refractivity (Wildman–Crippen MR) is 101 cm³/mol. The Morgan fingerprint density at radius 3 is 2.64 bits per heavy atom. The van der Waals surface area contributed by atoms with Crippen molar-refractivity contribution < 1.29 is 9.47 Å². The highest BCUT2D eigenvalue weighted by Crippen LogP contribution is 2.57. The average molecular weight is 425 g/mol. The maximum Gasteiger partial charge on any atom is 0.191 e. The van der Waals surface area contributed by atoms with Gasteiger partial charge in [-0.05, 0) is 39.5 Å². The van der Waals surface area contributed by atoms with Crippen LogP contribution in [-0.2, 0) is 9.47 Å². The fraction of sp³-hybridized carbons (Fsp3) is 0.938. The van der Waals surface area contributed by atoms with E-state index in [1.807, 2.05) is 0 Å². The first-order valence-electron chi connectivity index (χ1n) is 8.42. The van der Waals surface area contributed by atoms with Crippen LogP contribution in [0.2, 0.25) is 0 Å². The normalized spacial score (nSPS) is 25.9. The Bertz CT molecular complexity index is 348. The first-order chi connectivity index (χ1) is 10.3. The first kappa shape index (κ1) is 20.0. The number of hydrogen-bond acceptors (Lipinski definition) is 3. The quantitative estimate of drug-likeness (QED) is 0.272. The van der Waals surface area contributed by atoms with Gasteiger partial charge in [0.25, 0.3) is 0 Å². The molecule has 2 aliphatic rings. The van der Waals surface area contributed by atoms with Gasteiger partial charge in [0.15, 0.2) is 5.96 Å². The average Bonchev–Trinajstić information content (AvgIpc) is 2.40. The summed E-state index contributed by atoms with van der Waals surface area (Å²) < 4.78 is 11.0. The summed E-state index contributed by atoms with van der Waals surface area (Å²) in [6.45, 7) is 7.49. The highest BCUT2D eigenvalue weighted by molar-refractivity contribution is 14.0. The molecule has 130 valence electrons. The number of methoxy groups -OCH3 is 1. The molecule has 1 spiro atoms. The van der Waals surface area contributed by atoms with Crippen LogP contribution in [0.15, 0.2) is 4.99 Å². The Kier molecular flexibility index (Phi) is 9.01. The standard InChI is InChI=1S/C16H31N3O2.HI/c1-4-17-15(18-10-7-11-20-3)19-13-12-14(21-5-2)16(13)8-6-9-16;/h13-14H,4-12H2,1-3H3,(H2,17,18,19);1H. The molecule has 0 amide bonds. The molecular formula is C16H32IN3O2. The van der Waals surface area contributed by atoms with Gasteiger partial charge in [-0.2, -0.15) is 0 Å². The number of nitrogens with one attached hydrogen (secondary N) is 2. The van der Waals surface area contributed by atoms with Gasteiger partial charge in [0, 0.05) is 44.9 Å². The fourth-order valence-corrected chi connectivity index (χ4v) is 3.53. The summed E-state index contributed by atoms with van der Waals surface area (Å²) in [5, 5.41) is 6.98. The van der Waals surface area contributed by atoms with Crippen molar-refractivity contribution in [3.63, 3.8) is 0 Å². The molecule has 0 aliphatic heterocycles. The Labute approximate surface area is 152 Å². The van der Waals surface area contributed by atoms with Gasteiger partial charge in [-0.15, -0.1) is 24.0 Å². The van der Waals surface area contributed by atoms with Crippen LogP contribution in [0.5, 0.6) is 0 Å². The lowest BCUT2D eigenvalue weighted by molar-refractivity contribution is -0.168. The predicted octanol–water partition coefficient (Wildman–Crippen LogP) is 2.54. The maximum atomic E-state index is 5.90. The van der Waals surface area contributed by atoms with Crippen molar-refractivity contribution in [1.82, 2.24) is 10.6 Å². The van der Waals surface area contributed by atoms with Crippen molar-refractivity contribution in [2.24, 2.45) is 10.4 Å². The molecule has 0 heterocycles. The molecule has 0 saturated heterocycles. The van der Waals surface area contributed by atoms with E-state index in [9.17, 15) is 0 Å². The third-order valence-electron chi connectivity index (χ3n) is 4.87. The molecule has 5 nitrogen and oxygen atoms in total. The van der Waals surface area contributed by atoms with Gasteiger partial charge in [0.2, 0.25) is 0 Å². The molecule has 2 saturated carbocycles. The number of halogens is 1. The Morgan fingerprint density at radius 1 is 1.32 bits per heavy atom. The lowest BCUT2D eigenvalue weighted by Crippen LogP contribution is -2.68. The van der Waals surface area contributed by atoms with Gasteiger partial charge >= 0.3 is 0 Å². The minimum atomic E-state index is 0. The minimum Gasteiger partial charge on any atom is -0.385 e. The molecule has 2 atom stereocenters. The smallest absolute Gasteiger partial charge is 0.191 e. The summed E-state index contributed by atoms with van der Waals surface area (Å²) in [6, 6.07) is 0.517. The molecule has 0 bridgehead atoms. The van der Waals surface area contributed by atoms with Crippen molar-refractivity contribution in [3.8, 4) is 0 Å². The zero-order valence-corrected chi connectivity index (χ0v) is 16.5. The number of nitrogens with zero attached hydrogens (tertiary/aromatic N) is 1. The second-order valence-corrected chi connectivity index (χ2v) is 6.07. The van der Waals surface area contributed by atoms with Crippen molar-refractivity contribution in [1.29, 1.82) is 0 Å². The number of hydrogen-bond donors (Lipinski definition) is 2. The Hall–Kier alpha value is -0.0800. The summed E-state index contributed by atoms with van der Waals surface area (Å²) in [6.07, 6.45) is 6.44. The maximum absolute atomic E-state index is 5.90. The second-order valence-electron chi connectivity index (χ2n) is 6.07. The van der Waals surface area contributed by atoms with E-state index in [4.69, 9.17) is 9.47 Å². The van der Waals surface area contributed by atoms with E-state index in [1.165, 1.54) is 19.3 Å². The third kappa shape index (κ3) is 4.47. The van der Waals surface area contributed by atoms with Crippen molar-refractivity contribution in [3.05, 3.63) is 0 Å². The van der Waals surface area contributed by atoms with Crippen LogP contribution in [-0.4, -0.2) is 51.5 Å². The molecule has 0 aromatic rings. The summed E-state index contributed by atoms with van der Waals surface area (Å²) >= 11 is 0. The van der Waals surface area contributed by atoms with Gasteiger partial charge in [-0.25, -0.2) is 0 Å². The van der Waals surface area contributed by atoms with Crippen LogP contribution in [0.1, 0.15) is 46.0 Å². The number of aliphatic imine (C=N–C) groups is 1. The molecule has 2 fully saturated rings.